The maximum atomic E-state index is 5.19. The highest BCUT2D eigenvalue weighted by Crippen LogP contribution is 2.25. The molecular weight excluding hydrogens is 298 g/mol. The van der Waals surface area contributed by atoms with Crippen molar-refractivity contribution in [2.45, 2.75) is 20.1 Å². The molecule has 0 saturated heterocycles. The molecule has 0 aliphatic carbocycles. The van der Waals surface area contributed by atoms with Crippen molar-refractivity contribution in [3.63, 3.8) is 0 Å². The summed E-state index contributed by atoms with van der Waals surface area (Å²) < 4.78 is 11.1. The number of methoxy groups -OCH3 is 1. The molecule has 5 nitrogen and oxygen atoms in total. The average Bonchev–Trinajstić information content (AvgIpc) is 2.76. The fourth-order valence-electron chi connectivity index (χ4n) is 1.60. The fraction of sp³-hybridized carbons (Fsp3) is 0.333. The van der Waals surface area contributed by atoms with E-state index in [1.54, 1.807) is 14.0 Å². The maximum Gasteiger partial charge on any atom is 0.223 e. The van der Waals surface area contributed by atoms with Gasteiger partial charge in [0.2, 0.25) is 5.89 Å². The molecule has 2 aromatic rings. The Morgan fingerprint density at radius 1 is 1.44 bits per heavy atom. The maximum absolute atomic E-state index is 5.19. The van der Waals surface area contributed by atoms with Gasteiger partial charge in [-0.1, -0.05) is 27.2 Å². The molecule has 0 bridgehead atoms. The molecule has 6 heteroatoms. The number of nitrogens with one attached hydrogen (secondary N) is 1. The number of benzene rings is 1. The van der Waals surface area contributed by atoms with Crippen LogP contribution in [0.4, 0.5) is 5.69 Å². The molecule has 18 heavy (non-hydrogen) atoms. The molecular formula is C12H14BrN3O2. The van der Waals surface area contributed by atoms with Crippen LogP contribution in [0.1, 0.15) is 17.3 Å². The Hall–Kier alpha value is -1.40. The van der Waals surface area contributed by atoms with Gasteiger partial charge in [-0.05, 0) is 12.1 Å². The van der Waals surface area contributed by atoms with Crippen LogP contribution in [0.5, 0.6) is 0 Å². The van der Waals surface area contributed by atoms with Crippen molar-refractivity contribution in [1.29, 1.82) is 0 Å². The van der Waals surface area contributed by atoms with Gasteiger partial charge >= 0.3 is 0 Å². The van der Waals surface area contributed by atoms with E-state index in [2.05, 4.69) is 31.4 Å². The van der Waals surface area contributed by atoms with Gasteiger partial charge in [-0.3, -0.25) is 0 Å². The minimum atomic E-state index is 0.518. The standard InChI is InChI=1S/C12H14BrN3O2/c1-8-15-12(16-18-8)6-14-11-5-3-4-10(13)9(11)7-17-2/h3-5,14H,6-7H2,1-2H3. The predicted molar refractivity (Wildman–Crippen MR) is 71.2 cm³/mol. The molecule has 0 amide bonds. The Morgan fingerprint density at radius 2 is 2.28 bits per heavy atom. The first-order chi connectivity index (χ1) is 8.70. The second-order valence-corrected chi connectivity index (χ2v) is 4.64. The highest BCUT2D eigenvalue weighted by Gasteiger charge is 2.08. The van der Waals surface area contributed by atoms with E-state index in [9.17, 15) is 0 Å². The number of rotatable bonds is 5. The number of hydrogen-bond acceptors (Lipinski definition) is 5. The monoisotopic (exact) mass is 311 g/mol. The third-order valence-corrected chi connectivity index (χ3v) is 3.16. The van der Waals surface area contributed by atoms with Crippen LogP contribution in [0.3, 0.4) is 0 Å². The number of halogens is 1. The Bertz CT molecular complexity index is 528. The Kier molecular flexibility index (Phi) is 4.33. The molecule has 2 rings (SSSR count). The van der Waals surface area contributed by atoms with Crippen LogP contribution in [0, 0.1) is 6.92 Å². The molecule has 0 unspecified atom stereocenters. The van der Waals surface area contributed by atoms with Crippen molar-refractivity contribution in [3.8, 4) is 0 Å². The second-order valence-electron chi connectivity index (χ2n) is 3.78. The normalized spacial score (nSPS) is 10.6. The van der Waals surface area contributed by atoms with Crippen molar-refractivity contribution in [2.24, 2.45) is 0 Å². The second kappa shape index (κ2) is 5.97. The number of ether oxygens (including phenoxy) is 1. The number of aryl methyl sites for hydroxylation is 1. The molecule has 0 radical (unpaired) electrons. The highest BCUT2D eigenvalue weighted by atomic mass is 79.9. The van der Waals surface area contributed by atoms with E-state index in [1.165, 1.54) is 0 Å². The van der Waals surface area contributed by atoms with Crippen molar-refractivity contribution in [2.75, 3.05) is 12.4 Å². The molecule has 1 heterocycles. The molecule has 0 aliphatic rings. The van der Waals surface area contributed by atoms with Crippen LogP contribution in [0.25, 0.3) is 0 Å². The van der Waals surface area contributed by atoms with Gasteiger partial charge in [-0.25, -0.2) is 0 Å². The lowest BCUT2D eigenvalue weighted by Crippen LogP contribution is -2.05. The minimum absolute atomic E-state index is 0.518. The van der Waals surface area contributed by atoms with E-state index in [0.29, 0.717) is 24.9 Å². The molecule has 0 fully saturated rings. The van der Waals surface area contributed by atoms with E-state index < -0.39 is 0 Å². The zero-order valence-electron chi connectivity index (χ0n) is 10.2. The molecule has 96 valence electrons. The average molecular weight is 312 g/mol. The fourth-order valence-corrected chi connectivity index (χ4v) is 2.08. The summed E-state index contributed by atoms with van der Waals surface area (Å²) in [5, 5.41) is 7.11. The Morgan fingerprint density at radius 3 is 2.94 bits per heavy atom. The number of anilines is 1. The van der Waals surface area contributed by atoms with Gasteiger partial charge in [0.25, 0.3) is 0 Å². The van der Waals surface area contributed by atoms with Crippen molar-refractivity contribution >= 4 is 21.6 Å². The van der Waals surface area contributed by atoms with Gasteiger partial charge in [0.15, 0.2) is 5.82 Å². The SMILES string of the molecule is COCc1c(Br)cccc1NCc1noc(C)n1. The molecule has 1 aromatic heterocycles. The van der Waals surface area contributed by atoms with Crippen LogP contribution < -0.4 is 5.32 Å². The summed E-state index contributed by atoms with van der Waals surface area (Å²) in [6.45, 7) is 2.82. The first-order valence-electron chi connectivity index (χ1n) is 5.50. The van der Waals surface area contributed by atoms with Crippen molar-refractivity contribution in [1.82, 2.24) is 10.1 Å². The summed E-state index contributed by atoms with van der Waals surface area (Å²) in [6.07, 6.45) is 0. The van der Waals surface area contributed by atoms with Crippen LogP contribution in [0.2, 0.25) is 0 Å². The number of aromatic nitrogens is 2. The van der Waals surface area contributed by atoms with E-state index in [4.69, 9.17) is 9.26 Å². The first-order valence-corrected chi connectivity index (χ1v) is 6.29. The van der Waals surface area contributed by atoms with Gasteiger partial charge in [0.05, 0.1) is 13.2 Å². The van der Waals surface area contributed by atoms with Crippen molar-refractivity contribution in [3.05, 3.63) is 40.0 Å². The zero-order valence-corrected chi connectivity index (χ0v) is 11.8. The molecule has 0 spiro atoms. The van der Waals surface area contributed by atoms with E-state index in [1.807, 2.05) is 18.2 Å². The predicted octanol–water partition coefficient (Wildman–Crippen LogP) is 2.90. The summed E-state index contributed by atoms with van der Waals surface area (Å²) in [5.41, 5.74) is 2.06. The van der Waals surface area contributed by atoms with Gasteiger partial charge in [-0.15, -0.1) is 0 Å². The smallest absolute Gasteiger partial charge is 0.223 e. The molecule has 0 atom stereocenters. The van der Waals surface area contributed by atoms with E-state index in [0.717, 1.165) is 15.7 Å². The Labute approximate surface area is 114 Å². The quantitative estimate of drug-likeness (QED) is 0.920. The van der Waals surface area contributed by atoms with Crippen LogP contribution in [-0.2, 0) is 17.9 Å². The topological polar surface area (TPSA) is 60.2 Å². The van der Waals surface area contributed by atoms with Gasteiger partial charge in [-0.2, -0.15) is 4.98 Å². The van der Waals surface area contributed by atoms with Crippen LogP contribution in [-0.4, -0.2) is 17.3 Å². The molecule has 1 N–H and O–H groups in total. The third-order valence-electron chi connectivity index (χ3n) is 2.41. The summed E-state index contributed by atoms with van der Waals surface area (Å²) in [4.78, 5) is 4.14. The largest absolute Gasteiger partial charge is 0.380 e. The van der Waals surface area contributed by atoms with Crippen molar-refractivity contribution < 1.29 is 9.26 Å². The van der Waals surface area contributed by atoms with Crippen LogP contribution in [0.15, 0.2) is 27.2 Å². The van der Waals surface area contributed by atoms with Gasteiger partial charge in [0, 0.05) is 29.8 Å². The van der Waals surface area contributed by atoms with E-state index in [-0.39, 0.29) is 0 Å². The summed E-state index contributed by atoms with van der Waals surface area (Å²) in [7, 11) is 1.67. The lowest BCUT2D eigenvalue weighted by Gasteiger charge is -2.11. The van der Waals surface area contributed by atoms with E-state index >= 15 is 0 Å². The summed E-state index contributed by atoms with van der Waals surface area (Å²) >= 11 is 3.51. The van der Waals surface area contributed by atoms with Gasteiger partial charge in [0.1, 0.15) is 0 Å². The summed E-state index contributed by atoms with van der Waals surface area (Å²) in [5.74, 6) is 1.20. The molecule has 0 saturated carbocycles. The first kappa shape index (κ1) is 13.0. The lowest BCUT2D eigenvalue weighted by atomic mass is 10.2. The number of nitrogens with zero attached hydrogens (tertiary/aromatic N) is 2. The molecule has 0 aliphatic heterocycles. The highest BCUT2D eigenvalue weighted by molar-refractivity contribution is 9.10. The summed E-state index contributed by atoms with van der Waals surface area (Å²) in [6, 6.07) is 5.94. The number of hydrogen-bond donors (Lipinski definition) is 1. The van der Waals surface area contributed by atoms with Gasteiger partial charge < -0.3 is 14.6 Å². The minimum Gasteiger partial charge on any atom is -0.380 e. The van der Waals surface area contributed by atoms with Crippen LogP contribution >= 0.6 is 15.9 Å². The Balaban J connectivity index is 2.11. The lowest BCUT2D eigenvalue weighted by molar-refractivity contribution is 0.185. The third kappa shape index (κ3) is 3.08. The zero-order chi connectivity index (χ0) is 13.0. The molecule has 1 aromatic carbocycles.